The molecule has 1 aliphatic rings. The number of hydrogen-bond acceptors (Lipinski definition) is 8. The SMILES string of the molecule is O=C(O)CCOCCOCCOCCC(=O)NCC(C(=O)NCCC(=O)N1Cc2ccccc2C#Cc2ccccc21)S(=O)O. The van der Waals surface area contributed by atoms with Crippen molar-refractivity contribution in [3.05, 3.63) is 65.2 Å². The van der Waals surface area contributed by atoms with Crippen molar-refractivity contribution in [2.45, 2.75) is 31.1 Å². The normalized spacial score (nSPS) is 13.1. The van der Waals surface area contributed by atoms with E-state index in [4.69, 9.17) is 19.3 Å². The average Bonchev–Trinajstić information content (AvgIpc) is 3.00. The van der Waals surface area contributed by atoms with Crippen LogP contribution in [0.5, 0.6) is 0 Å². The van der Waals surface area contributed by atoms with Gasteiger partial charge in [-0.2, -0.15) is 0 Å². The standard InChI is InChI=1S/C31H37N3O10S/c35-28(12-15-42-17-19-44-20-18-43-16-13-30(37)38)33-21-27(45(40)41)31(39)32-14-11-29(36)34-22-25-7-2-1-5-23(25)9-10-24-6-3-4-8-26(24)34/h1-8,27H,11-22H2,(H,32,39)(H,33,35)(H,37,38)(H,40,41). The fraction of sp³-hybridized carbons (Fsp3) is 0.419. The Labute approximate surface area is 263 Å². The summed E-state index contributed by atoms with van der Waals surface area (Å²) in [6.07, 6.45) is -0.178. The molecule has 0 spiro atoms. The van der Waals surface area contributed by atoms with Gasteiger partial charge in [0.1, 0.15) is 0 Å². The smallest absolute Gasteiger partial charge is 0.305 e. The number of carbonyl (C=O) groups excluding carboxylic acids is 3. The summed E-state index contributed by atoms with van der Waals surface area (Å²) in [6, 6.07) is 14.9. The van der Waals surface area contributed by atoms with E-state index in [0.717, 1.165) is 11.1 Å². The summed E-state index contributed by atoms with van der Waals surface area (Å²) >= 11 is -2.57. The molecule has 2 aromatic rings. The first-order chi connectivity index (χ1) is 21.8. The summed E-state index contributed by atoms with van der Waals surface area (Å²) < 4.78 is 37.2. The van der Waals surface area contributed by atoms with Crippen molar-refractivity contribution in [2.75, 3.05) is 57.6 Å². The van der Waals surface area contributed by atoms with Gasteiger partial charge in [0.15, 0.2) is 16.3 Å². The fourth-order valence-corrected chi connectivity index (χ4v) is 4.66. The number of anilines is 1. The van der Waals surface area contributed by atoms with Crippen LogP contribution in [0.3, 0.4) is 0 Å². The Balaban J connectivity index is 1.37. The third-order valence-corrected chi connectivity index (χ3v) is 7.38. The molecule has 0 saturated carbocycles. The highest BCUT2D eigenvalue weighted by Crippen LogP contribution is 2.25. The zero-order valence-electron chi connectivity index (χ0n) is 24.7. The van der Waals surface area contributed by atoms with Gasteiger partial charge in [0.25, 0.3) is 0 Å². The second-order valence-corrected chi connectivity index (χ2v) is 10.9. The van der Waals surface area contributed by atoms with Gasteiger partial charge in [0.2, 0.25) is 17.7 Å². The van der Waals surface area contributed by atoms with Crippen LogP contribution in [-0.2, 0) is 51.0 Å². The molecule has 2 unspecified atom stereocenters. The summed E-state index contributed by atoms with van der Waals surface area (Å²) in [5, 5.41) is 12.1. The summed E-state index contributed by atoms with van der Waals surface area (Å²) in [5.41, 5.74) is 3.07. The van der Waals surface area contributed by atoms with Crippen LogP contribution in [0, 0.1) is 11.8 Å². The lowest BCUT2D eigenvalue weighted by molar-refractivity contribution is -0.138. The van der Waals surface area contributed by atoms with Crippen LogP contribution >= 0.6 is 0 Å². The van der Waals surface area contributed by atoms with Gasteiger partial charge in [-0.15, -0.1) is 0 Å². The molecule has 0 aliphatic carbocycles. The zero-order valence-corrected chi connectivity index (χ0v) is 25.5. The molecule has 14 heteroatoms. The lowest BCUT2D eigenvalue weighted by atomic mass is 10.0. The maximum absolute atomic E-state index is 13.3. The Morgan fingerprint density at radius 2 is 1.42 bits per heavy atom. The molecule has 242 valence electrons. The summed E-state index contributed by atoms with van der Waals surface area (Å²) in [6.45, 7) is 1.03. The van der Waals surface area contributed by atoms with Gasteiger partial charge >= 0.3 is 5.97 Å². The number of nitrogens with zero attached hydrogens (tertiary/aromatic N) is 1. The molecule has 1 aliphatic heterocycles. The molecule has 0 saturated heterocycles. The van der Waals surface area contributed by atoms with E-state index in [-0.39, 0.29) is 77.9 Å². The number of carboxylic acid groups (broad SMARTS) is 1. The number of carbonyl (C=O) groups is 4. The first kappa shape index (κ1) is 35.4. The molecule has 45 heavy (non-hydrogen) atoms. The van der Waals surface area contributed by atoms with Gasteiger partial charge in [0.05, 0.1) is 58.3 Å². The van der Waals surface area contributed by atoms with Gasteiger partial charge in [0, 0.05) is 37.1 Å². The van der Waals surface area contributed by atoms with Crippen molar-refractivity contribution >= 4 is 40.5 Å². The second kappa shape index (κ2) is 19.3. The maximum atomic E-state index is 13.3. The van der Waals surface area contributed by atoms with Crippen LogP contribution < -0.4 is 15.5 Å². The van der Waals surface area contributed by atoms with Gasteiger partial charge in [-0.05, 0) is 23.8 Å². The van der Waals surface area contributed by atoms with Crippen molar-refractivity contribution in [1.82, 2.24) is 10.6 Å². The third kappa shape index (κ3) is 12.4. The van der Waals surface area contributed by atoms with Gasteiger partial charge < -0.3 is 39.4 Å². The Hall–Kier alpha value is -4.13. The van der Waals surface area contributed by atoms with E-state index < -0.39 is 34.1 Å². The summed E-state index contributed by atoms with van der Waals surface area (Å²) in [5.74, 6) is 3.84. The highest BCUT2D eigenvalue weighted by molar-refractivity contribution is 7.80. The van der Waals surface area contributed by atoms with Crippen molar-refractivity contribution in [1.29, 1.82) is 0 Å². The van der Waals surface area contributed by atoms with E-state index in [1.807, 2.05) is 48.5 Å². The molecule has 0 radical (unpaired) electrons. The Bertz CT molecular complexity index is 1410. The molecular formula is C31H37N3O10S. The van der Waals surface area contributed by atoms with Crippen LogP contribution in [0.4, 0.5) is 5.69 Å². The fourth-order valence-electron chi connectivity index (χ4n) is 4.17. The minimum absolute atomic E-state index is 0.0377. The first-order valence-electron chi connectivity index (χ1n) is 14.3. The lowest BCUT2D eigenvalue weighted by Gasteiger charge is -2.26. The number of fused-ring (bicyclic) bond motifs is 2. The summed E-state index contributed by atoms with van der Waals surface area (Å²) in [4.78, 5) is 50.1. The molecule has 3 amide bonds. The average molecular weight is 644 g/mol. The minimum Gasteiger partial charge on any atom is -0.481 e. The second-order valence-electron chi connectivity index (χ2n) is 9.74. The third-order valence-electron chi connectivity index (χ3n) is 6.51. The monoisotopic (exact) mass is 643 g/mol. The molecular weight excluding hydrogens is 606 g/mol. The minimum atomic E-state index is -2.57. The Morgan fingerprint density at radius 1 is 0.822 bits per heavy atom. The van der Waals surface area contributed by atoms with E-state index in [1.54, 1.807) is 4.90 Å². The number of hydrogen-bond donors (Lipinski definition) is 4. The predicted molar refractivity (Wildman–Crippen MR) is 165 cm³/mol. The molecule has 2 atom stereocenters. The largest absolute Gasteiger partial charge is 0.481 e. The maximum Gasteiger partial charge on any atom is 0.305 e. The number of amides is 3. The number of para-hydroxylation sites is 1. The van der Waals surface area contributed by atoms with E-state index in [9.17, 15) is 27.9 Å². The highest BCUT2D eigenvalue weighted by Gasteiger charge is 2.26. The van der Waals surface area contributed by atoms with Crippen molar-refractivity contribution in [3.8, 4) is 11.8 Å². The first-order valence-corrected chi connectivity index (χ1v) is 15.5. The van der Waals surface area contributed by atoms with Crippen LogP contribution in [-0.4, -0.2) is 95.5 Å². The molecule has 0 aromatic heterocycles. The predicted octanol–water partition coefficient (Wildman–Crippen LogP) is 1.06. The number of rotatable bonds is 19. The van der Waals surface area contributed by atoms with Gasteiger partial charge in [-0.25, -0.2) is 4.21 Å². The number of ether oxygens (including phenoxy) is 3. The van der Waals surface area contributed by atoms with Crippen LogP contribution in [0.15, 0.2) is 48.5 Å². The molecule has 1 heterocycles. The van der Waals surface area contributed by atoms with E-state index in [0.29, 0.717) is 17.8 Å². The quantitative estimate of drug-likeness (QED) is 0.0982. The molecule has 3 rings (SSSR count). The van der Waals surface area contributed by atoms with Gasteiger partial charge in [-0.1, -0.05) is 42.2 Å². The van der Waals surface area contributed by atoms with E-state index in [1.165, 1.54) is 0 Å². The van der Waals surface area contributed by atoms with Gasteiger partial charge in [-0.3, -0.25) is 19.2 Å². The molecule has 13 nitrogen and oxygen atoms in total. The zero-order chi connectivity index (χ0) is 32.4. The van der Waals surface area contributed by atoms with Crippen molar-refractivity contribution in [2.24, 2.45) is 0 Å². The molecule has 4 N–H and O–H groups in total. The van der Waals surface area contributed by atoms with Crippen molar-refractivity contribution in [3.63, 3.8) is 0 Å². The number of carboxylic acids is 1. The lowest BCUT2D eigenvalue weighted by Crippen LogP contribution is -2.46. The molecule has 0 fully saturated rings. The van der Waals surface area contributed by atoms with Crippen molar-refractivity contribution < 1.29 is 47.3 Å². The summed E-state index contributed by atoms with van der Waals surface area (Å²) in [7, 11) is 0. The van der Waals surface area contributed by atoms with Crippen LogP contribution in [0.2, 0.25) is 0 Å². The number of nitrogens with one attached hydrogen (secondary N) is 2. The van der Waals surface area contributed by atoms with E-state index >= 15 is 0 Å². The number of benzene rings is 2. The van der Waals surface area contributed by atoms with E-state index in [2.05, 4.69) is 22.5 Å². The molecule has 2 aromatic carbocycles. The van der Waals surface area contributed by atoms with Crippen LogP contribution in [0.25, 0.3) is 0 Å². The highest BCUT2D eigenvalue weighted by atomic mass is 32.2. The number of aliphatic carboxylic acids is 1. The Morgan fingerprint density at radius 3 is 2.11 bits per heavy atom. The molecule has 0 bridgehead atoms. The topological polar surface area (TPSA) is 181 Å². The van der Waals surface area contributed by atoms with Crippen LogP contribution in [0.1, 0.15) is 36.0 Å². The Kier molecular flexibility index (Phi) is 15.2.